The van der Waals surface area contributed by atoms with Crippen molar-refractivity contribution in [3.05, 3.63) is 60.3 Å². The van der Waals surface area contributed by atoms with Crippen molar-refractivity contribution in [3.63, 3.8) is 0 Å². The molecule has 4 rings (SSSR count). The molecule has 1 aliphatic rings. The third-order valence-electron chi connectivity index (χ3n) is 5.30. The van der Waals surface area contributed by atoms with Crippen molar-refractivity contribution < 1.29 is 24.1 Å². The maximum absolute atomic E-state index is 10.9. The smallest absolute Gasteiger partial charge is 0.328 e. The summed E-state index contributed by atoms with van der Waals surface area (Å²) in [6.45, 7) is 2.63. The van der Waals surface area contributed by atoms with Crippen LogP contribution in [-0.4, -0.2) is 61.6 Å². The van der Waals surface area contributed by atoms with Gasteiger partial charge in [-0.2, -0.15) is 4.98 Å². The number of anilines is 3. The summed E-state index contributed by atoms with van der Waals surface area (Å²) in [6, 6.07) is 13.1. The Morgan fingerprint density at radius 3 is 2.53 bits per heavy atom. The quantitative estimate of drug-likeness (QED) is 0.483. The highest BCUT2D eigenvalue weighted by Crippen LogP contribution is 2.32. The lowest BCUT2D eigenvalue weighted by molar-refractivity contribution is -0.131. The van der Waals surface area contributed by atoms with Gasteiger partial charge in [0.15, 0.2) is 0 Å². The molecule has 0 amide bonds. The van der Waals surface area contributed by atoms with Gasteiger partial charge >= 0.3 is 5.97 Å². The highest BCUT2D eigenvalue weighted by molar-refractivity contribution is 5.86. The average Bonchev–Trinajstić information content (AvgIpc) is 2.88. The van der Waals surface area contributed by atoms with E-state index in [1.54, 1.807) is 32.6 Å². The number of carbonyl (C=O) groups is 1. The van der Waals surface area contributed by atoms with E-state index < -0.39 is 5.97 Å². The molecular weight excluding hydrogens is 436 g/mol. The number of carboxylic acids is 1. The Hall–Kier alpha value is -4.11. The summed E-state index contributed by atoms with van der Waals surface area (Å²) in [6.07, 6.45) is 4.46. The zero-order chi connectivity index (χ0) is 23.9. The molecule has 0 spiro atoms. The molecule has 2 N–H and O–H groups in total. The highest BCUT2D eigenvalue weighted by atomic mass is 16.5. The second-order valence-electron chi connectivity index (χ2n) is 7.55. The van der Waals surface area contributed by atoms with Gasteiger partial charge in [0.1, 0.15) is 17.3 Å². The van der Waals surface area contributed by atoms with Crippen molar-refractivity contribution in [1.29, 1.82) is 0 Å². The van der Waals surface area contributed by atoms with Crippen LogP contribution in [0, 0.1) is 0 Å². The van der Waals surface area contributed by atoms with Gasteiger partial charge < -0.3 is 29.5 Å². The highest BCUT2D eigenvalue weighted by Gasteiger charge is 2.19. The molecule has 1 aromatic heterocycles. The Bertz CT molecular complexity index is 1170. The van der Waals surface area contributed by atoms with Crippen LogP contribution in [-0.2, 0) is 9.53 Å². The van der Waals surface area contributed by atoms with E-state index in [-0.39, 0.29) is 0 Å². The van der Waals surface area contributed by atoms with Crippen LogP contribution in [0.5, 0.6) is 11.5 Å². The van der Waals surface area contributed by atoms with Gasteiger partial charge in [0.2, 0.25) is 5.95 Å². The molecular formula is C25H26N4O5. The van der Waals surface area contributed by atoms with Crippen LogP contribution in [0.2, 0.25) is 0 Å². The zero-order valence-electron chi connectivity index (χ0n) is 19.0. The first-order valence-corrected chi connectivity index (χ1v) is 10.8. The van der Waals surface area contributed by atoms with E-state index in [0.717, 1.165) is 34.3 Å². The van der Waals surface area contributed by atoms with E-state index in [0.29, 0.717) is 43.8 Å². The van der Waals surface area contributed by atoms with Crippen molar-refractivity contribution >= 4 is 29.5 Å². The molecule has 2 aromatic carbocycles. The number of morpholine rings is 1. The summed E-state index contributed by atoms with van der Waals surface area (Å²) in [5.41, 5.74) is 3.25. The molecule has 1 saturated heterocycles. The molecule has 3 aromatic rings. The van der Waals surface area contributed by atoms with E-state index in [9.17, 15) is 4.79 Å². The van der Waals surface area contributed by atoms with Gasteiger partial charge in [0, 0.05) is 54.8 Å². The topological polar surface area (TPSA) is 106 Å². The monoisotopic (exact) mass is 462 g/mol. The molecule has 2 heterocycles. The molecule has 0 aliphatic carbocycles. The second kappa shape index (κ2) is 10.7. The molecule has 0 unspecified atom stereocenters. The standard InChI is InChI=1S/C25H26N4O5/c1-32-20-13-19(14-21(15-20)33-2)27-25-26-16-22(24(28-25)29-8-10-34-11-9-29)18-5-3-4-17(12-18)6-7-23(30)31/h3-7,12-16H,8-11H2,1-2H3,(H,30,31)(H,26,27,28). The second-order valence-corrected chi connectivity index (χ2v) is 7.55. The third kappa shape index (κ3) is 5.62. The van der Waals surface area contributed by atoms with Crippen molar-refractivity contribution in [2.24, 2.45) is 0 Å². The number of rotatable bonds is 8. The number of aliphatic carboxylic acids is 1. The molecule has 9 nitrogen and oxygen atoms in total. The van der Waals surface area contributed by atoms with Crippen LogP contribution in [0.4, 0.5) is 17.5 Å². The maximum Gasteiger partial charge on any atom is 0.328 e. The fraction of sp³-hybridized carbons (Fsp3) is 0.240. The van der Waals surface area contributed by atoms with E-state index in [1.807, 2.05) is 36.4 Å². The van der Waals surface area contributed by atoms with E-state index in [1.165, 1.54) is 0 Å². The Kier molecular flexibility index (Phi) is 7.24. The van der Waals surface area contributed by atoms with Crippen LogP contribution < -0.4 is 19.7 Å². The number of nitrogens with one attached hydrogen (secondary N) is 1. The predicted octanol–water partition coefficient (Wildman–Crippen LogP) is 3.84. The Balaban J connectivity index is 1.71. The zero-order valence-corrected chi connectivity index (χ0v) is 19.0. The number of ether oxygens (including phenoxy) is 3. The molecule has 9 heteroatoms. The van der Waals surface area contributed by atoms with Crippen LogP contribution in [0.15, 0.2) is 54.7 Å². The summed E-state index contributed by atoms with van der Waals surface area (Å²) < 4.78 is 16.2. The summed E-state index contributed by atoms with van der Waals surface area (Å²) in [7, 11) is 3.19. The summed E-state index contributed by atoms with van der Waals surface area (Å²) in [4.78, 5) is 22.5. The Morgan fingerprint density at radius 2 is 1.85 bits per heavy atom. The summed E-state index contributed by atoms with van der Waals surface area (Å²) >= 11 is 0. The van der Waals surface area contributed by atoms with Gasteiger partial charge in [-0.25, -0.2) is 9.78 Å². The lowest BCUT2D eigenvalue weighted by Gasteiger charge is -2.29. The Morgan fingerprint density at radius 1 is 1.12 bits per heavy atom. The van der Waals surface area contributed by atoms with E-state index >= 15 is 0 Å². The molecule has 1 fully saturated rings. The first-order chi connectivity index (χ1) is 16.6. The lowest BCUT2D eigenvalue weighted by Crippen LogP contribution is -2.37. The molecule has 34 heavy (non-hydrogen) atoms. The van der Waals surface area contributed by atoms with Crippen molar-refractivity contribution in [2.45, 2.75) is 0 Å². The van der Waals surface area contributed by atoms with E-state index in [2.05, 4.69) is 15.2 Å². The number of carboxylic acid groups (broad SMARTS) is 1. The molecule has 0 bridgehead atoms. The Labute approximate surface area is 197 Å². The first kappa shape index (κ1) is 23.1. The van der Waals surface area contributed by atoms with Crippen molar-refractivity contribution in [2.75, 3.05) is 50.7 Å². The van der Waals surface area contributed by atoms with Gasteiger partial charge in [0.25, 0.3) is 0 Å². The average molecular weight is 463 g/mol. The fourth-order valence-corrected chi connectivity index (χ4v) is 3.64. The molecule has 1 aliphatic heterocycles. The molecule has 176 valence electrons. The van der Waals surface area contributed by atoms with Crippen molar-refractivity contribution in [3.8, 4) is 22.6 Å². The number of benzene rings is 2. The number of nitrogens with zero attached hydrogens (tertiary/aromatic N) is 3. The van der Waals surface area contributed by atoms with E-state index in [4.69, 9.17) is 24.3 Å². The number of methoxy groups -OCH3 is 2. The third-order valence-corrected chi connectivity index (χ3v) is 5.30. The minimum atomic E-state index is -0.993. The minimum Gasteiger partial charge on any atom is -0.497 e. The lowest BCUT2D eigenvalue weighted by atomic mass is 10.0. The number of hydrogen-bond donors (Lipinski definition) is 2. The molecule has 0 radical (unpaired) electrons. The minimum absolute atomic E-state index is 0.433. The maximum atomic E-state index is 10.9. The van der Waals surface area contributed by atoms with Crippen LogP contribution in [0.25, 0.3) is 17.2 Å². The number of hydrogen-bond acceptors (Lipinski definition) is 8. The molecule has 0 saturated carbocycles. The van der Waals surface area contributed by atoms with Gasteiger partial charge in [-0.1, -0.05) is 18.2 Å². The largest absolute Gasteiger partial charge is 0.497 e. The normalized spacial score (nSPS) is 13.6. The van der Waals surface area contributed by atoms with Gasteiger partial charge in [0.05, 0.1) is 27.4 Å². The predicted molar refractivity (Wildman–Crippen MR) is 130 cm³/mol. The van der Waals surface area contributed by atoms with Crippen molar-refractivity contribution in [1.82, 2.24) is 9.97 Å². The number of aromatic nitrogens is 2. The van der Waals surface area contributed by atoms with Crippen LogP contribution in [0.3, 0.4) is 0 Å². The fourth-order valence-electron chi connectivity index (χ4n) is 3.64. The van der Waals surface area contributed by atoms with Gasteiger partial charge in [-0.15, -0.1) is 0 Å². The van der Waals surface area contributed by atoms with Crippen LogP contribution in [0.1, 0.15) is 5.56 Å². The summed E-state index contributed by atoms with van der Waals surface area (Å²) in [5, 5.41) is 12.2. The van der Waals surface area contributed by atoms with Crippen LogP contribution >= 0.6 is 0 Å². The first-order valence-electron chi connectivity index (χ1n) is 10.8. The molecule has 0 atom stereocenters. The SMILES string of the molecule is COc1cc(Nc2ncc(-c3cccc(C=CC(=O)O)c3)c(N3CCOCC3)n2)cc(OC)c1. The summed E-state index contributed by atoms with van der Waals surface area (Å²) in [5.74, 6) is 1.51. The van der Waals surface area contributed by atoms with Gasteiger partial charge in [-0.05, 0) is 23.3 Å². The van der Waals surface area contributed by atoms with Gasteiger partial charge in [-0.3, -0.25) is 0 Å².